The van der Waals surface area contributed by atoms with Gasteiger partial charge in [0.1, 0.15) is 16.3 Å². The van der Waals surface area contributed by atoms with E-state index in [2.05, 4.69) is 4.98 Å². The van der Waals surface area contributed by atoms with E-state index in [9.17, 15) is 5.11 Å². The lowest BCUT2D eigenvalue weighted by molar-refractivity contribution is 0.472. The highest BCUT2D eigenvalue weighted by Crippen LogP contribution is 2.25. The molecule has 2 N–H and O–H groups in total. The van der Waals surface area contributed by atoms with E-state index in [1.165, 1.54) is 17.4 Å². The van der Waals surface area contributed by atoms with Crippen molar-refractivity contribution in [2.24, 2.45) is 0 Å². The molecule has 90 valence electrons. The molecule has 0 spiro atoms. The molecule has 0 amide bonds. The van der Waals surface area contributed by atoms with Crippen LogP contribution in [0.2, 0.25) is 0 Å². The number of thiazole rings is 1. The monoisotopic (exact) mass is 258 g/mol. The van der Waals surface area contributed by atoms with Crippen LogP contribution in [0.4, 0.5) is 0 Å². The van der Waals surface area contributed by atoms with Gasteiger partial charge in [-0.2, -0.15) is 0 Å². The van der Waals surface area contributed by atoms with Crippen LogP contribution in [0, 0.1) is 12.3 Å². The fraction of sp³-hybridized carbons (Fsp3) is 0.0769. The van der Waals surface area contributed by atoms with Gasteiger partial charge in [-0.1, -0.05) is 0 Å². The van der Waals surface area contributed by atoms with Crippen molar-refractivity contribution in [3.8, 4) is 16.3 Å². The van der Waals surface area contributed by atoms with Crippen LogP contribution < -0.4 is 5.55 Å². The van der Waals surface area contributed by atoms with Gasteiger partial charge < -0.3 is 9.52 Å². The van der Waals surface area contributed by atoms with Crippen molar-refractivity contribution >= 4 is 22.3 Å². The van der Waals surface area contributed by atoms with Crippen LogP contribution >= 0.6 is 11.3 Å². The summed E-state index contributed by atoms with van der Waals surface area (Å²) >= 11 is 1.49. The maximum absolute atomic E-state index is 9.38. The molecule has 3 rings (SSSR count). The average molecular weight is 258 g/mol. The standard InChI is InChI=1S/C13H10N2O2S/c1-7-6-18-13(15-7)10-4-8-2-3-9(16)5-11(8)17-12(10)14/h2-6,14,16H,1H3. The number of nitrogens with zero attached hydrogens (tertiary/aromatic N) is 1. The lowest BCUT2D eigenvalue weighted by Gasteiger charge is -2.01. The summed E-state index contributed by atoms with van der Waals surface area (Å²) in [6.45, 7) is 1.92. The zero-order valence-electron chi connectivity index (χ0n) is 9.60. The topological polar surface area (TPSA) is 70.1 Å². The van der Waals surface area contributed by atoms with Gasteiger partial charge in [0.25, 0.3) is 0 Å². The summed E-state index contributed by atoms with van der Waals surface area (Å²) in [7, 11) is 0. The van der Waals surface area contributed by atoms with Gasteiger partial charge in [-0.25, -0.2) is 4.98 Å². The Balaban J connectivity index is 2.28. The third-order valence-electron chi connectivity index (χ3n) is 2.60. The SMILES string of the molecule is Cc1csc(-c2cc3ccc(O)cc3oc2=N)n1. The molecule has 2 heterocycles. The molecule has 4 nitrogen and oxygen atoms in total. The van der Waals surface area contributed by atoms with Crippen LogP contribution in [0.1, 0.15) is 5.69 Å². The fourth-order valence-electron chi connectivity index (χ4n) is 1.75. The molecule has 18 heavy (non-hydrogen) atoms. The summed E-state index contributed by atoms with van der Waals surface area (Å²) in [4.78, 5) is 4.36. The normalized spacial score (nSPS) is 10.9. The highest BCUT2D eigenvalue weighted by Gasteiger charge is 2.09. The first-order chi connectivity index (χ1) is 8.63. The first-order valence-corrected chi connectivity index (χ1v) is 6.25. The van der Waals surface area contributed by atoms with E-state index >= 15 is 0 Å². The van der Waals surface area contributed by atoms with Crippen molar-refractivity contribution in [1.29, 1.82) is 5.41 Å². The van der Waals surface area contributed by atoms with E-state index in [-0.39, 0.29) is 11.3 Å². The van der Waals surface area contributed by atoms with Gasteiger partial charge >= 0.3 is 0 Å². The van der Waals surface area contributed by atoms with Gasteiger partial charge in [0.2, 0.25) is 5.55 Å². The van der Waals surface area contributed by atoms with Crippen molar-refractivity contribution in [3.05, 3.63) is 40.9 Å². The van der Waals surface area contributed by atoms with Gasteiger partial charge in [0.15, 0.2) is 0 Å². The zero-order chi connectivity index (χ0) is 12.7. The lowest BCUT2D eigenvalue weighted by Crippen LogP contribution is -2.02. The Hall–Kier alpha value is -2.14. The molecule has 0 aliphatic carbocycles. The maximum Gasteiger partial charge on any atom is 0.222 e. The zero-order valence-corrected chi connectivity index (χ0v) is 10.4. The highest BCUT2D eigenvalue weighted by atomic mass is 32.1. The molecular weight excluding hydrogens is 248 g/mol. The van der Waals surface area contributed by atoms with Crippen molar-refractivity contribution in [2.75, 3.05) is 0 Å². The number of aryl methyl sites for hydroxylation is 1. The first-order valence-electron chi connectivity index (χ1n) is 5.37. The van der Waals surface area contributed by atoms with Crippen LogP contribution in [0.3, 0.4) is 0 Å². The van der Waals surface area contributed by atoms with E-state index in [1.54, 1.807) is 12.1 Å². The number of phenols is 1. The number of phenolic OH excluding ortho intramolecular Hbond substituents is 1. The second kappa shape index (κ2) is 3.96. The number of nitrogens with one attached hydrogen (secondary N) is 1. The molecule has 2 aromatic heterocycles. The van der Waals surface area contributed by atoms with Gasteiger partial charge in [-0.05, 0) is 25.1 Å². The number of benzene rings is 1. The molecule has 0 aliphatic heterocycles. The summed E-state index contributed by atoms with van der Waals surface area (Å²) < 4.78 is 5.41. The number of fused-ring (bicyclic) bond motifs is 1. The van der Waals surface area contributed by atoms with Gasteiger partial charge in [0, 0.05) is 22.5 Å². The van der Waals surface area contributed by atoms with Crippen molar-refractivity contribution in [1.82, 2.24) is 4.98 Å². The summed E-state index contributed by atoms with van der Waals surface area (Å²) in [5, 5.41) is 20.8. The van der Waals surface area contributed by atoms with E-state index in [0.717, 1.165) is 16.1 Å². The minimum Gasteiger partial charge on any atom is -0.508 e. The Morgan fingerprint density at radius 2 is 2.17 bits per heavy atom. The number of hydrogen-bond donors (Lipinski definition) is 2. The Kier molecular flexibility index (Phi) is 2.41. The molecule has 0 unspecified atom stereocenters. The van der Waals surface area contributed by atoms with E-state index in [4.69, 9.17) is 9.83 Å². The molecule has 0 saturated heterocycles. The summed E-state index contributed by atoms with van der Waals surface area (Å²) in [5.74, 6) is 0.128. The molecule has 5 heteroatoms. The third kappa shape index (κ3) is 1.78. The van der Waals surface area contributed by atoms with E-state index < -0.39 is 0 Å². The van der Waals surface area contributed by atoms with Crippen LogP contribution in [0.15, 0.2) is 34.1 Å². The third-order valence-corrected chi connectivity index (χ3v) is 3.60. The van der Waals surface area contributed by atoms with Crippen LogP contribution in [-0.2, 0) is 0 Å². The van der Waals surface area contributed by atoms with Crippen molar-refractivity contribution in [2.45, 2.75) is 6.92 Å². The van der Waals surface area contributed by atoms with Crippen molar-refractivity contribution < 1.29 is 9.52 Å². The fourth-order valence-corrected chi connectivity index (χ4v) is 2.56. The number of rotatable bonds is 1. The molecule has 1 aromatic carbocycles. The van der Waals surface area contributed by atoms with Gasteiger partial charge in [-0.3, -0.25) is 5.41 Å². The molecule has 3 aromatic rings. The second-order valence-electron chi connectivity index (χ2n) is 4.01. The minimum atomic E-state index is 0.0578. The lowest BCUT2D eigenvalue weighted by atomic mass is 10.2. The summed E-state index contributed by atoms with van der Waals surface area (Å²) in [6.07, 6.45) is 0. The molecule has 0 radical (unpaired) electrons. The highest BCUT2D eigenvalue weighted by molar-refractivity contribution is 7.13. The van der Waals surface area contributed by atoms with Crippen LogP contribution in [-0.4, -0.2) is 10.1 Å². The molecule has 0 atom stereocenters. The quantitative estimate of drug-likeness (QED) is 0.704. The smallest absolute Gasteiger partial charge is 0.222 e. The largest absolute Gasteiger partial charge is 0.508 e. The predicted octanol–water partition coefficient (Wildman–Crippen LogP) is 3.05. The first kappa shape index (κ1) is 11.0. The average Bonchev–Trinajstić information content (AvgIpc) is 2.74. The summed E-state index contributed by atoms with van der Waals surface area (Å²) in [6, 6.07) is 6.72. The molecule has 0 saturated carbocycles. The Labute approximate surface area is 107 Å². The van der Waals surface area contributed by atoms with Gasteiger partial charge in [-0.15, -0.1) is 11.3 Å². The molecule has 0 bridgehead atoms. The maximum atomic E-state index is 9.38. The van der Waals surface area contributed by atoms with Crippen LogP contribution in [0.25, 0.3) is 21.5 Å². The molecule has 0 fully saturated rings. The predicted molar refractivity (Wildman–Crippen MR) is 69.6 cm³/mol. The molecular formula is C13H10N2O2S. The Morgan fingerprint density at radius 3 is 2.89 bits per heavy atom. The molecule has 0 aliphatic rings. The van der Waals surface area contributed by atoms with Crippen LogP contribution in [0.5, 0.6) is 5.75 Å². The minimum absolute atomic E-state index is 0.0578. The Bertz CT molecular complexity index is 789. The van der Waals surface area contributed by atoms with Crippen molar-refractivity contribution in [3.63, 3.8) is 0 Å². The number of aromatic nitrogens is 1. The van der Waals surface area contributed by atoms with E-state index in [0.29, 0.717) is 11.1 Å². The number of aromatic hydroxyl groups is 1. The van der Waals surface area contributed by atoms with E-state index in [1.807, 2.05) is 18.4 Å². The second-order valence-corrected chi connectivity index (χ2v) is 4.86. The Morgan fingerprint density at radius 1 is 1.33 bits per heavy atom. The summed E-state index contributed by atoms with van der Waals surface area (Å²) in [5.41, 5.74) is 2.16. The number of hydrogen-bond acceptors (Lipinski definition) is 5. The van der Waals surface area contributed by atoms with Gasteiger partial charge in [0.05, 0.1) is 5.56 Å².